The first-order valence-electron chi connectivity index (χ1n) is 28.9. The molecule has 0 aliphatic carbocycles. The molecule has 0 amide bonds. The first kappa shape index (κ1) is 66.1. The third-order valence-corrected chi connectivity index (χ3v) is 12.0. The molecule has 0 rings (SSSR count). The van der Waals surface area contributed by atoms with E-state index in [-0.39, 0.29) is 31.1 Å². The molecule has 0 aromatic rings. The second-order valence-corrected chi connectivity index (χ2v) is 18.8. The number of carbonyl (C=O) groups is 3. The Morgan fingerprint density at radius 3 is 0.886 bits per heavy atom. The Hall–Kier alpha value is -3.93. The predicted octanol–water partition coefficient (Wildman–Crippen LogP) is 19.5. The average molecular weight is 972 g/mol. The molecular formula is C64H106O6. The predicted molar refractivity (Wildman–Crippen MR) is 302 cm³/mol. The van der Waals surface area contributed by atoms with Crippen molar-refractivity contribution in [1.82, 2.24) is 0 Å². The number of hydrogen-bond donors (Lipinski definition) is 0. The minimum Gasteiger partial charge on any atom is -0.462 e. The molecule has 0 spiro atoms. The van der Waals surface area contributed by atoms with E-state index in [9.17, 15) is 14.4 Å². The molecule has 0 saturated heterocycles. The first-order chi connectivity index (χ1) is 34.5. The van der Waals surface area contributed by atoms with Crippen LogP contribution in [0.3, 0.4) is 0 Å². The molecule has 0 N–H and O–H groups in total. The summed E-state index contributed by atoms with van der Waals surface area (Å²) in [6.45, 7) is 6.46. The van der Waals surface area contributed by atoms with Gasteiger partial charge < -0.3 is 14.2 Å². The molecule has 0 heterocycles. The third-order valence-electron chi connectivity index (χ3n) is 12.0. The Morgan fingerprint density at radius 2 is 0.557 bits per heavy atom. The molecule has 0 saturated carbocycles. The Bertz CT molecular complexity index is 1440. The fourth-order valence-corrected chi connectivity index (χ4v) is 7.69. The number of rotatable bonds is 51. The Morgan fingerprint density at radius 1 is 0.300 bits per heavy atom. The van der Waals surface area contributed by atoms with Crippen LogP contribution in [0.1, 0.15) is 258 Å². The van der Waals surface area contributed by atoms with Crippen molar-refractivity contribution in [3.05, 3.63) is 109 Å². The number of carbonyl (C=O) groups excluding carboxylic acids is 3. The van der Waals surface area contributed by atoms with E-state index in [2.05, 4.69) is 130 Å². The zero-order valence-corrected chi connectivity index (χ0v) is 45.5. The summed E-state index contributed by atoms with van der Waals surface area (Å²) in [6.07, 6.45) is 78.0. The van der Waals surface area contributed by atoms with E-state index in [1.807, 2.05) is 0 Å². The molecule has 0 fully saturated rings. The van der Waals surface area contributed by atoms with E-state index in [1.165, 1.54) is 83.5 Å². The fraction of sp³-hybridized carbons (Fsp3) is 0.672. The maximum Gasteiger partial charge on any atom is 0.306 e. The number of esters is 3. The van der Waals surface area contributed by atoms with Crippen molar-refractivity contribution >= 4 is 17.9 Å². The topological polar surface area (TPSA) is 78.9 Å². The second kappa shape index (κ2) is 57.6. The lowest BCUT2D eigenvalue weighted by Gasteiger charge is -2.18. The highest BCUT2D eigenvalue weighted by atomic mass is 16.6. The van der Waals surface area contributed by atoms with Gasteiger partial charge in [-0.25, -0.2) is 0 Å². The van der Waals surface area contributed by atoms with Crippen LogP contribution in [0.25, 0.3) is 0 Å². The number of ether oxygens (including phenoxy) is 3. The lowest BCUT2D eigenvalue weighted by atomic mass is 10.1. The van der Waals surface area contributed by atoms with E-state index < -0.39 is 6.10 Å². The molecule has 0 aliphatic rings. The number of unbranched alkanes of at least 4 members (excludes halogenated alkanes) is 22. The van der Waals surface area contributed by atoms with Gasteiger partial charge in [0.05, 0.1) is 0 Å². The minimum absolute atomic E-state index is 0.0890. The first-order valence-corrected chi connectivity index (χ1v) is 28.9. The van der Waals surface area contributed by atoms with E-state index >= 15 is 0 Å². The normalized spacial score (nSPS) is 12.9. The Labute approximate surface area is 431 Å². The van der Waals surface area contributed by atoms with Crippen LogP contribution < -0.4 is 0 Å². The van der Waals surface area contributed by atoms with Crippen molar-refractivity contribution in [2.24, 2.45) is 0 Å². The molecule has 6 nitrogen and oxygen atoms in total. The summed E-state index contributed by atoms with van der Waals surface area (Å²) in [6, 6.07) is 0. The highest BCUT2D eigenvalue weighted by molar-refractivity contribution is 5.71. The van der Waals surface area contributed by atoms with Crippen molar-refractivity contribution < 1.29 is 28.6 Å². The van der Waals surface area contributed by atoms with Gasteiger partial charge in [-0.05, 0) is 109 Å². The van der Waals surface area contributed by atoms with Crippen molar-refractivity contribution in [3.8, 4) is 0 Å². The molecule has 0 aliphatic heterocycles. The van der Waals surface area contributed by atoms with Crippen molar-refractivity contribution in [2.45, 2.75) is 264 Å². The summed E-state index contributed by atoms with van der Waals surface area (Å²) in [5.74, 6) is -0.927. The monoisotopic (exact) mass is 971 g/mol. The van der Waals surface area contributed by atoms with Gasteiger partial charge in [-0.15, -0.1) is 0 Å². The van der Waals surface area contributed by atoms with Gasteiger partial charge in [-0.2, -0.15) is 0 Å². The van der Waals surface area contributed by atoms with Crippen molar-refractivity contribution in [2.75, 3.05) is 13.2 Å². The van der Waals surface area contributed by atoms with Crippen LogP contribution in [0.5, 0.6) is 0 Å². The van der Waals surface area contributed by atoms with E-state index in [0.29, 0.717) is 19.3 Å². The van der Waals surface area contributed by atoms with Gasteiger partial charge in [0.15, 0.2) is 6.10 Å². The van der Waals surface area contributed by atoms with Crippen molar-refractivity contribution in [1.29, 1.82) is 0 Å². The maximum atomic E-state index is 12.8. The van der Waals surface area contributed by atoms with Crippen LogP contribution in [-0.4, -0.2) is 37.2 Å². The minimum atomic E-state index is -0.791. The molecule has 0 aromatic carbocycles. The molecule has 70 heavy (non-hydrogen) atoms. The van der Waals surface area contributed by atoms with E-state index in [1.54, 1.807) is 0 Å². The van der Waals surface area contributed by atoms with Crippen LogP contribution in [0, 0.1) is 0 Å². The number of allylic oxidation sites excluding steroid dienone is 18. The standard InChI is InChI=1S/C64H106O6/c1-4-7-10-13-16-19-21-23-25-26-27-28-29-30-31-32-33-34-35-36-37-38-39-41-42-45-48-51-54-57-63(66)69-60-61(59-68-62(65)56-53-50-47-44-18-15-12-9-6-3)70-64(67)58-55-52-49-46-43-40-24-22-20-17-14-11-8-5-2/h7,10,16,19,22-25,27-28,30-31,33-34,36-37,39,41,61H,4-6,8-9,11-15,17-18,20-21,26,29,32,35,38,40,42-60H2,1-3H3/b10-7-,19-16-,24-22-,25-23-,28-27-,31-30-,34-33-,37-36-,41-39-. The van der Waals surface area contributed by atoms with Gasteiger partial charge in [-0.1, -0.05) is 239 Å². The van der Waals surface area contributed by atoms with Crippen LogP contribution in [-0.2, 0) is 28.6 Å². The molecule has 0 aromatic heterocycles. The second-order valence-electron chi connectivity index (χ2n) is 18.8. The lowest BCUT2D eigenvalue weighted by molar-refractivity contribution is -0.167. The van der Waals surface area contributed by atoms with Gasteiger partial charge in [0, 0.05) is 19.3 Å². The SMILES string of the molecule is CC/C=C\C/C=C\C/C=C\C/C=C\C/C=C\C/C=C\C/C=C\C/C=C\CCCCCCC(=O)OCC(COC(=O)CCCCCCCCCCC)OC(=O)CCCCCCC/C=C\CCCCCCC. The zero-order valence-electron chi connectivity index (χ0n) is 45.5. The maximum absolute atomic E-state index is 12.8. The van der Waals surface area contributed by atoms with Gasteiger partial charge in [0.1, 0.15) is 13.2 Å². The van der Waals surface area contributed by atoms with Gasteiger partial charge in [0.2, 0.25) is 0 Å². The van der Waals surface area contributed by atoms with Crippen LogP contribution in [0.2, 0.25) is 0 Å². The molecule has 398 valence electrons. The Kier molecular flexibility index (Phi) is 54.4. The Balaban J connectivity index is 4.30. The zero-order chi connectivity index (χ0) is 50.7. The van der Waals surface area contributed by atoms with Gasteiger partial charge in [0.25, 0.3) is 0 Å². The summed E-state index contributed by atoms with van der Waals surface area (Å²) in [5.41, 5.74) is 0. The molecule has 0 bridgehead atoms. The quantitative estimate of drug-likeness (QED) is 0.0262. The number of hydrogen-bond acceptors (Lipinski definition) is 6. The van der Waals surface area contributed by atoms with Gasteiger partial charge >= 0.3 is 17.9 Å². The summed E-state index contributed by atoms with van der Waals surface area (Å²) < 4.78 is 16.8. The van der Waals surface area contributed by atoms with E-state index in [4.69, 9.17) is 14.2 Å². The summed E-state index contributed by atoms with van der Waals surface area (Å²) in [7, 11) is 0. The van der Waals surface area contributed by atoms with Gasteiger partial charge in [-0.3, -0.25) is 14.4 Å². The molecule has 6 heteroatoms. The molecule has 1 unspecified atom stereocenters. The average Bonchev–Trinajstić information content (AvgIpc) is 3.36. The van der Waals surface area contributed by atoms with Crippen LogP contribution in [0.4, 0.5) is 0 Å². The molecule has 1 atom stereocenters. The summed E-state index contributed by atoms with van der Waals surface area (Å²) in [4.78, 5) is 38.0. The summed E-state index contributed by atoms with van der Waals surface area (Å²) in [5, 5.41) is 0. The van der Waals surface area contributed by atoms with E-state index in [0.717, 1.165) is 135 Å². The molecular weight excluding hydrogens is 865 g/mol. The molecule has 0 radical (unpaired) electrons. The summed E-state index contributed by atoms with van der Waals surface area (Å²) >= 11 is 0. The highest BCUT2D eigenvalue weighted by Gasteiger charge is 2.19. The highest BCUT2D eigenvalue weighted by Crippen LogP contribution is 2.14. The largest absolute Gasteiger partial charge is 0.462 e. The lowest BCUT2D eigenvalue weighted by Crippen LogP contribution is -2.30. The third kappa shape index (κ3) is 55.0. The van der Waals surface area contributed by atoms with Crippen LogP contribution in [0.15, 0.2) is 109 Å². The van der Waals surface area contributed by atoms with Crippen LogP contribution >= 0.6 is 0 Å². The smallest absolute Gasteiger partial charge is 0.306 e. The van der Waals surface area contributed by atoms with Crippen molar-refractivity contribution in [3.63, 3.8) is 0 Å². The fourth-order valence-electron chi connectivity index (χ4n) is 7.69.